The zero-order chi connectivity index (χ0) is 15.0. The van der Waals surface area contributed by atoms with E-state index in [9.17, 15) is 4.79 Å². The first-order valence-corrected chi connectivity index (χ1v) is 7.30. The van der Waals surface area contributed by atoms with Crippen molar-refractivity contribution in [3.05, 3.63) is 29.8 Å². The van der Waals surface area contributed by atoms with E-state index in [1.54, 1.807) is 0 Å². The number of hydrogen-bond acceptors (Lipinski definition) is 3. The maximum atomic E-state index is 12.4. The highest BCUT2D eigenvalue weighted by Gasteiger charge is 2.33. The Morgan fingerprint density at radius 1 is 1.20 bits per heavy atom. The van der Waals surface area contributed by atoms with Gasteiger partial charge < -0.3 is 15.8 Å². The van der Waals surface area contributed by atoms with E-state index in [4.69, 9.17) is 10.5 Å². The smallest absolute Gasteiger partial charge is 0.231 e. The van der Waals surface area contributed by atoms with Crippen LogP contribution in [0.3, 0.4) is 0 Å². The van der Waals surface area contributed by atoms with Gasteiger partial charge in [0.2, 0.25) is 5.91 Å². The molecule has 4 nitrogen and oxygen atoms in total. The van der Waals surface area contributed by atoms with Crippen LogP contribution in [0.4, 0.5) is 5.69 Å². The van der Waals surface area contributed by atoms with E-state index in [2.05, 4.69) is 5.32 Å². The summed E-state index contributed by atoms with van der Waals surface area (Å²) < 4.78 is 5.34. The summed E-state index contributed by atoms with van der Waals surface area (Å²) in [6, 6.07) is 7.73. The molecule has 0 radical (unpaired) electrons. The Balaban J connectivity index is 2.70. The quantitative estimate of drug-likeness (QED) is 0.768. The molecular weight excluding hydrogens is 252 g/mol. The average molecular weight is 278 g/mol. The second-order valence-electron chi connectivity index (χ2n) is 4.98. The van der Waals surface area contributed by atoms with Gasteiger partial charge in [0.25, 0.3) is 0 Å². The lowest BCUT2D eigenvalue weighted by Crippen LogP contribution is -2.41. The number of amides is 1. The van der Waals surface area contributed by atoms with E-state index in [0.717, 1.165) is 24.1 Å². The van der Waals surface area contributed by atoms with Crippen LogP contribution in [0.25, 0.3) is 0 Å². The zero-order valence-electron chi connectivity index (χ0n) is 12.7. The van der Waals surface area contributed by atoms with Crippen LogP contribution in [0.15, 0.2) is 24.3 Å². The summed E-state index contributed by atoms with van der Waals surface area (Å²) in [7, 11) is 0. The maximum Gasteiger partial charge on any atom is 0.231 e. The molecule has 0 heterocycles. The zero-order valence-corrected chi connectivity index (χ0v) is 12.7. The summed E-state index contributed by atoms with van der Waals surface area (Å²) in [5.74, 6) is 0.00237. The second kappa shape index (κ2) is 8.02. The molecule has 0 aromatic heterocycles. The molecule has 1 aromatic carbocycles. The molecular formula is C16H26N2O2. The molecule has 0 saturated heterocycles. The van der Waals surface area contributed by atoms with E-state index < -0.39 is 5.41 Å². The molecule has 0 unspecified atom stereocenters. The molecule has 0 fully saturated rings. The highest BCUT2D eigenvalue weighted by molar-refractivity contribution is 5.95. The third kappa shape index (κ3) is 4.05. The molecule has 0 atom stereocenters. The third-order valence-corrected chi connectivity index (χ3v) is 3.91. The van der Waals surface area contributed by atoms with Gasteiger partial charge in [-0.2, -0.15) is 0 Å². The van der Waals surface area contributed by atoms with Crippen LogP contribution in [-0.2, 0) is 16.1 Å². The van der Waals surface area contributed by atoms with Gasteiger partial charge in [0.1, 0.15) is 0 Å². The van der Waals surface area contributed by atoms with Crippen molar-refractivity contribution < 1.29 is 9.53 Å². The molecule has 0 spiro atoms. The predicted octanol–water partition coefficient (Wildman–Crippen LogP) is 2.93. The van der Waals surface area contributed by atoms with Crippen LogP contribution in [0, 0.1) is 5.41 Å². The molecule has 1 rings (SSSR count). The third-order valence-electron chi connectivity index (χ3n) is 3.91. The average Bonchev–Trinajstić information content (AvgIpc) is 2.49. The monoisotopic (exact) mass is 278 g/mol. The van der Waals surface area contributed by atoms with Crippen molar-refractivity contribution in [3.63, 3.8) is 0 Å². The summed E-state index contributed by atoms with van der Waals surface area (Å²) >= 11 is 0. The summed E-state index contributed by atoms with van der Waals surface area (Å²) in [5.41, 5.74) is 7.22. The van der Waals surface area contributed by atoms with Gasteiger partial charge in [0, 0.05) is 18.8 Å². The number of hydrogen-bond donors (Lipinski definition) is 2. The van der Waals surface area contributed by atoms with Crippen LogP contribution >= 0.6 is 0 Å². The number of benzene rings is 1. The van der Waals surface area contributed by atoms with E-state index in [1.165, 1.54) is 0 Å². The van der Waals surface area contributed by atoms with Crippen molar-refractivity contribution in [3.8, 4) is 0 Å². The normalized spacial score (nSPS) is 11.4. The van der Waals surface area contributed by atoms with Gasteiger partial charge in [-0.1, -0.05) is 26.0 Å². The first-order valence-electron chi connectivity index (χ1n) is 7.30. The number of carbonyl (C=O) groups excluding carboxylic acids is 1. The van der Waals surface area contributed by atoms with E-state index >= 15 is 0 Å². The molecule has 3 N–H and O–H groups in total. The molecule has 20 heavy (non-hydrogen) atoms. The summed E-state index contributed by atoms with van der Waals surface area (Å²) in [5, 5.41) is 2.96. The van der Waals surface area contributed by atoms with Crippen LogP contribution in [-0.4, -0.2) is 19.1 Å². The van der Waals surface area contributed by atoms with Gasteiger partial charge >= 0.3 is 0 Å². The second-order valence-corrected chi connectivity index (χ2v) is 4.98. The van der Waals surface area contributed by atoms with Gasteiger partial charge in [-0.15, -0.1) is 0 Å². The minimum Gasteiger partial charge on any atom is -0.377 e. The van der Waals surface area contributed by atoms with Crippen molar-refractivity contribution in [1.82, 2.24) is 0 Å². The number of carbonyl (C=O) groups is 1. The lowest BCUT2D eigenvalue weighted by atomic mass is 9.81. The summed E-state index contributed by atoms with van der Waals surface area (Å²) in [6.45, 7) is 7.64. The minimum atomic E-state index is -0.468. The molecule has 4 heteroatoms. The largest absolute Gasteiger partial charge is 0.377 e. The minimum absolute atomic E-state index is 0.00237. The summed E-state index contributed by atoms with van der Waals surface area (Å²) in [6.07, 6.45) is 1.49. The van der Waals surface area contributed by atoms with E-state index in [1.807, 2.05) is 45.0 Å². The number of nitrogens with one attached hydrogen (secondary N) is 1. The van der Waals surface area contributed by atoms with Crippen molar-refractivity contribution in [1.29, 1.82) is 0 Å². The Morgan fingerprint density at radius 3 is 2.25 bits per heavy atom. The maximum absolute atomic E-state index is 12.4. The number of rotatable bonds is 8. The van der Waals surface area contributed by atoms with Crippen molar-refractivity contribution >= 4 is 11.6 Å². The first kappa shape index (κ1) is 16.7. The lowest BCUT2D eigenvalue weighted by Gasteiger charge is -2.28. The first-order chi connectivity index (χ1) is 9.61. The molecule has 1 amide bonds. The Morgan fingerprint density at radius 2 is 1.80 bits per heavy atom. The van der Waals surface area contributed by atoms with E-state index in [0.29, 0.717) is 19.8 Å². The van der Waals surface area contributed by atoms with Gasteiger partial charge in [-0.3, -0.25) is 4.79 Å². The fraction of sp³-hybridized carbons (Fsp3) is 0.562. The molecule has 0 aliphatic heterocycles. The molecule has 1 aromatic rings. The van der Waals surface area contributed by atoms with Crippen molar-refractivity contribution in [2.45, 2.75) is 40.2 Å². The molecule has 0 bridgehead atoms. The van der Waals surface area contributed by atoms with Crippen LogP contribution in [0.5, 0.6) is 0 Å². The number of ether oxygens (including phenoxy) is 1. The Kier molecular flexibility index (Phi) is 6.68. The number of anilines is 1. The lowest BCUT2D eigenvalue weighted by molar-refractivity contribution is -0.125. The van der Waals surface area contributed by atoms with Crippen LogP contribution in [0.2, 0.25) is 0 Å². The SMILES string of the molecule is CCOCc1ccc(NC(=O)C(CC)(CC)CN)cc1. The molecule has 112 valence electrons. The molecule has 0 saturated carbocycles. The van der Waals surface area contributed by atoms with Gasteiger partial charge in [-0.25, -0.2) is 0 Å². The predicted molar refractivity (Wildman–Crippen MR) is 82.5 cm³/mol. The fourth-order valence-electron chi connectivity index (χ4n) is 2.12. The Labute approximate surface area is 121 Å². The molecule has 0 aliphatic rings. The Hall–Kier alpha value is -1.39. The summed E-state index contributed by atoms with van der Waals surface area (Å²) in [4.78, 5) is 12.4. The number of nitrogens with two attached hydrogens (primary N) is 1. The van der Waals surface area contributed by atoms with Gasteiger partial charge in [0.15, 0.2) is 0 Å². The highest BCUT2D eigenvalue weighted by atomic mass is 16.5. The fourth-order valence-corrected chi connectivity index (χ4v) is 2.12. The standard InChI is InChI=1S/C16H26N2O2/c1-4-16(5-2,12-17)15(19)18-14-9-7-13(8-10-14)11-20-6-3/h7-10H,4-6,11-12,17H2,1-3H3,(H,18,19). The van der Waals surface area contributed by atoms with Crippen molar-refractivity contribution in [2.24, 2.45) is 11.1 Å². The van der Waals surface area contributed by atoms with Crippen LogP contribution < -0.4 is 11.1 Å². The topological polar surface area (TPSA) is 64.3 Å². The van der Waals surface area contributed by atoms with Gasteiger partial charge in [0.05, 0.1) is 12.0 Å². The van der Waals surface area contributed by atoms with E-state index in [-0.39, 0.29) is 5.91 Å². The Bertz CT molecular complexity index is 403. The van der Waals surface area contributed by atoms with Crippen LogP contribution in [0.1, 0.15) is 39.2 Å². The molecule has 0 aliphatic carbocycles. The highest BCUT2D eigenvalue weighted by Crippen LogP contribution is 2.27. The van der Waals surface area contributed by atoms with Gasteiger partial charge in [-0.05, 0) is 37.5 Å². The van der Waals surface area contributed by atoms with Crippen molar-refractivity contribution in [2.75, 3.05) is 18.5 Å².